The minimum Gasteiger partial charge on any atom is -0.314 e. The molecule has 0 N–H and O–H groups in total. The molecule has 1 aromatic carbocycles. The first-order valence-corrected chi connectivity index (χ1v) is 10.9. The average molecular weight is 398 g/mol. The predicted molar refractivity (Wildman–Crippen MR) is 115 cm³/mol. The summed E-state index contributed by atoms with van der Waals surface area (Å²) in [5.41, 5.74) is 2.91. The quantitative estimate of drug-likeness (QED) is 0.474. The zero-order valence-corrected chi connectivity index (χ0v) is 17.3. The molecule has 148 valence electrons. The molecule has 1 aliphatic carbocycles. The number of aromatic nitrogens is 3. The number of hydrogen-bond donors (Lipinski definition) is 0. The van der Waals surface area contributed by atoms with Crippen LogP contribution in [0.2, 0.25) is 5.02 Å². The van der Waals surface area contributed by atoms with Gasteiger partial charge in [-0.3, -0.25) is 9.20 Å². The van der Waals surface area contributed by atoms with Gasteiger partial charge in [0.05, 0.1) is 5.69 Å². The first-order chi connectivity index (χ1) is 13.7. The SMILES string of the molecule is CCCCCn1c(C2CCCCC2)cn2c(=O)cc(-c3ccc(Cl)cc3)nc12. The van der Waals surface area contributed by atoms with Crippen molar-refractivity contribution in [2.45, 2.75) is 70.8 Å². The molecule has 0 radical (unpaired) electrons. The molecule has 28 heavy (non-hydrogen) atoms. The monoisotopic (exact) mass is 397 g/mol. The van der Waals surface area contributed by atoms with E-state index < -0.39 is 0 Å². The van der Waals surface area contributed by atoms with Crippen molar-refractivity contribution in [3.8, 4) is 11.3 Å². The van der Waals surface area contributed by atoms with Gasteiger partial charge in [-0.15, -0.1) is 0 Å². The lowest BCUT2D eigenvalue weighted by Gasteiger charge is -2.23. The van der Waals surface area contributed by atoms with Gasteiger partial charge in [-0.25, -0.2) is 4.98 Å². The van der Waals surface area contributed by atoms with E-state index in [1.54, 1.807) is 10.5 Å². The standard InChI is InChI=1S/C23H28ClN3O/c1-2-3-7-14-26-21(18-8-5-4-6-9-18)16-27-22(28)15-20(25-23(26)27)17-10-12-19(24)13-11-17/h10-13,15-16,18H,2-9,14H2,1H3. The van der Waals surface area contributed by atoms with Gasteiger partial charge in [0, 0.05) is 41.0 Å². The van der Waals surface area contributed by atoms with Crippen LogP contribution in [0.25, 0.3) is 17.0 Å². The molecule has 0 spiro atoms. The van der Waals surface area contributed by atoms with Crippen molar-refractivity contribution >= 4 is 17.4 Å². The summed E-state index contributed by atoms with van der Waals surface area (Å²) in [6.45, 7) is 3.14. The summed E-state index contributed by atoms with van der Waals surface area (Å²) in [5, 5.41) is 0.684. The number of hydrogen-bond acceptors (Lipinski definition) is 2. The first kappa shape index (κ1) is 19.3. The fraction of sp³-hybridized carbons (Fsp3) is 0.478. The van der Waals surface area contributed by atoms with Gasteiger partial charge in [0.2, 0.25) is 5.78 Å². The highest BCUT2D eigenvalue weighted by Gasteiger charge is 2.22. The lowest BCUT2D eigenvalue weighted by Crippen LogP contribution is -2.15. The molecule has 0 saturated heterocycles. The molecule has 2 aromatic heterocycles. The zero-order valence-electron chi connectivity index (χ0n) is 16.5. The zero-order chi connectivity index (χ0) is 19.5. The third kappa shape index (κ3) is 3.88. The molecule has 0 amide bonds. The van der Waals surface area contributed by atoms with Gasteiger partial charge < -0.3 is 4.57 Å². The van der Waals surface area contributed by atoms with Crippen molar-refractivity contribution in [2.75, 3.05) is 0 Å². The Kier molecular flexibility index (Phi) is 5.86. The van der Waals surface area contributed by atoms with E-state index in [-0.39, 0.29) is 5.56 Å². The van der Waals surface area contributed by atoms with Crippen molar-refractivity contribution in [1.82, 2.24) is 14.0 Å². The van der Waals surface area contributed by atoms with E-state index in [0.29, 0.717) is 16.6 Å². The third-order valence-electron chi connectivity index (χ3n) is 5.90. The van der Waals surface area contributed by atoms with Gasteiger partial charge in [0.15, 0.2) is 0 Å². The normalized spacial score (nSPS) is 15.4. The molecule has 0 bridgehead atoms. The number of benzene rings is 1. The maximum atomic E-state index is 12.9. The second-order valence-corrected chi connectivity index (χ2v) is 8.34. The van der Waals surface area contributed by atoms with Crippen molar-refractivity contribution in [3.63, 3.8) is 0 Å². The Hall–Kier alpha value is -2.07. The lowest BCUT2D eigenvalue weighted by molar-refractivity contribution is 0.422. The van der Waals surface area contributed by atoms with Gasteiger partial charge in [0.25, 0.3) is 5.56 Å². The summed E-state index contributed by atoms with van der Waals surface area (Å²) >= 11 is 6.02. The Morgan fingerprint density at radius 3 is 2.57 bits per heavy atom. The Labute approximate surface area is 171 Å². The molecule has 0 unspecified atom stereocenters. The van der Waals surface area contributed by atoms with E-state index >= 15 is 0 Å². The molecule has 4 nitrogen and oxygen atoms in total. The largest absolute Gasteiger partial charge is 0.314 e. The van der Waals surface area contributed by atoms with E-state index in [0.717, 1.165) is 24.3 Å². The maximum Gasteiger partial charge on any atom is 0.259 e. The smallest absolute Gasteiger partial charge is 0.259 e. The predicted octanol–water partition coefficient (Wildman–Crippen LogP) is 6.05. The number of imidazole rings is 1. The highest BCUT2D eigenvalue weighted by molar-refractivity contribution is 6.30. The van der Waals surface area contributed by atoms with Gasteiger partial charge >= 0.3 is 0 Å². The van der Waals surface area contributed by atoms with E-state index in [9.17, 15) is 4.79 Å². The average Bonchev–Trinajstić information content (AvgIpc) is 3.09. The number of rotatable bonds is 6. The molecule has 1 aliphatic rings. The Bertz CT molecular complexity index is 997. The minimum absolute atomic E-state index is 0.0127. The fourth-order valence-electron chi connectivity index (χ4n) is 4.35. The van der Waals surface area contributed by atoms with E-state index in [1.807, 2.05) is 24.3 Å². The van der Waals surface area contributed by atoms with Gasteiger partial charge in [-0.1, -0.05) is 62.8 Å². The van der Waals surface area contributed by atoms with Crippen LogP contribution in [-0.4, -0.2) is 14.0 Å². The Morgan fingerprint density at radius 2 is 1.86 bits per heavy atom. The number of unbranched alkanes of at least 4 members (excludes halogenated alkanes) is 2. The van der Waals surface area contributed by atoms with Crippen LogP contribution in [0.15, 0.2) is 41.3 Å². The Balaban J connectivity index is 1.82. The van der Waals surface area contributed by atoms with Crippen molar-refractivity contribution in [2.24, 2.45) is 0 Å². The van der Waals surface area contributed by atoms with Crippen LogP contribution in [0.4, 0.5) is 0 Å². The van der Waals surface area contributed by atoms with E-state index in [1.165, 1.54) is 50.6 Å². The van der Waals surface area contributed by atoms with Crippen molar-refractivity contribution in [1.29, 1.82) is 0 Å². The summed E-state index contributed by atoms with van der Waals surface area (Å²) < 4.78 is 4.06. The van der Waals surface area contributed by atoms with Crippen LogP contribution in [0.3, 0.4) is 0 Å². The van der Waals surface area contributed by atoms with Crippen LogP contribution in [0.5, 0.6) is 0 Å². The van der Waals surface area contributed by atoms with Crippen molar-refractivity contribution < 1.29 is 0 Å². The summed E-state index contributed by atoms with van der Waals surface area (Å²) in [5.74, 6) is 1.31. The highest BCUT2D eigenvalue weighted by Crippen LogP contribution is 2.34. The second kappa shape index (κ2) is 8.52. The fourth-order valence-corrected chi connectivity index (χ4v) is 4.48. The number of fused-ring (bicyclic) bond motifs is 1. The minimum atomic E-state index is -0.0127. The summed E-state index contributed by atoms with van der Waals surface area (Å²) in [6, 6.07) is 9.17. The Morgan fingerprint density at radius 1 is 1.11 bits per heavy atom. The van der Waals surface area contributed by atoms with E-state index in [4.69, 9.17) is 16.6 Å². The summed E-state index contributed by atoms with van der Waals surface area (Å²) in [4.78, 5) is 17.8. The molecule has 3 aromatic rings. The first-order valence-electron chi connectivity index (χ1n) is 10.6. The third-order valence-corrected chi connectivity index (χ3v) is 6.15. The molecule has 0 atom stereocenters. The van der Waals surface area contributed by atoms with Crippen LogP contribution < -0.4 is 5.56 Å². The summed E-state index contributed by atoms with van der Waals surface area (Å²) in [6.07, 6.45) is 11.8. The molecule has 4 rings (SSSR count). The molecule has 1 saturated carbocycles. The van der Waals surface area contributed by atoms with Gasteiger partial charge in [0.1, 0.15) is 0 Å². The molecule has 0 aliphatic heterocycles. The molecular weight excluding hydrogens is 370 g/mol. The molecule has 2 heterocycles. The van der Waals surface area contributed by atoms with Crippen LogP contribution in [0.1, 0.15) is 69.9 Å². The van der Waals surface area contributed by atoms with Crippen LogP contribution in [-0.2, 0) is 6.54 Å². The lowest BCUT2D eigenvalue weighted by atomic mass is 9.87. The topological polar surface area (TPSA) is 39.3 Å². The van der Waals surface area contributed by atoms with E-state index in [2.05, 4.69) is 17.7 Å². The van der Waals surface area contributed by atoms with Gasteiger partial charge in [-0.2, -0.15) is 0 Å². The maximum absolute atomic E-state index is 12.9. The number of halogens is 1. The van der Waals surface area contributed by atoms with Crippen LogP contribution in [0, 0.1) is 0 Å². The van der Waals surface area contributed by atoms with Crippen LogP contribution >= 0.6 is 11.6 Å². The van der Waals surface area contributed by atoms with Gasteiger partial charge in [-0.05, 0) is 31.4 Å². The molecule has 5 heteroatoms. The molecular formula is C23H28ClN3O. The number of nitrogens with zero attached hydrogens (tertiary/aromatic N) is 3. The second-order valence-electron chi connectivity index (χ2n) is 7.90. The highest BCUT2D eigenvalue weighted by atomic mass is 35.5. The number of aryl methyl sites for hydroxylation is 1. The molecule has 1 fully saturated rings. The summed E-state index contributed by atoms with van der Waals surface area (Å²) in [7, 11) is 0. The van der Waals surface area contributed by atoms with Crippen molar-refractivity contribution in [3.05, 3.63) is 57.6 Å².